The number of H-pyrrole nitrogens is 2. The van der Waals surface area contributed by atoms with Crippen molar-refractivity contribution in [2.75, 3.05) is 12.4 Å². The van der Waals surface area contributed by atoms with Crippen LogP contribution in [0, 0.1) is 0 Å². The predicted molar refractivity (Wildman–Crippen MR) is 55.9 cm³/mol. The summed E-state index contributed by atoms with van der Waals surface area (Å²) in [4.78, 5) is 28.6. The van der Waals surface area contributed by atoms with Crippen LogP contribution in [0.3, 0.4) is 0 Å². The van der Waals surface area contributed by atoms with E-state index in [1.54, 1.807) is 0 Å². The summed E-state index contributed by atoms with van der Waals surface area (Å²) >= 11 is 0. The van der Waals surface area contributed by atoms with E-state index in [0.29, 0.717) is 0 Å². The Morgan fingerprint density at radius 3 is 2.94 bits per heavy atom. The second kappa shape index (κ2) is 3.68. The Balaban J connectivity index is 2.52. The lowest BCUT2D eigenvalue weighted by Gasteiger charge is -2.01. The molecule has 0 aliphatic heterocycles. The van der Waals surface area contributed by atoms with E-state index in [2.05, 4.69) is 30.2 Å². The van der Waals surface area contributed by atoms with E-state index in [-0.39, 0.29) is 22.6 Å². The zero-order valence-electron chi connectivity index (χ0n) is 8.20. The van der Waals surface area contributed by atoms with Crippen LogP contribution in [0.4, 0.5) is 10.7 Å². The predicted octanol–water partition coefficient (Wildman–Crippen LogP) is -1.38. The maximum absolute atomic E-state index is 11.5. The van der Waals surface area contributed by atoms with Crippen molar-refractivity contribution in [3.05, 3.63) is 10.4 Å². The molecule has 0 saturated heterocycles. The molecule has 2 heterocycles. The van der Waals surface area contributed by atoms with Crippen LogP contribution in [-0.2, 0) is 4.74 Å². The van der Waals surface area contributed by atoms with E-state index in [4.69, 9.17) is 7.85 Å². The Morgan fingerprint density at radius 2 is 2.25 bits per heavy atom. The number of nitrogens with one attached hydrogen (secondary N) is 3. The molecule has 8 nitrogen and oxygen atoms in total. The van der Waals surface area contributed by atoms with Crippen LogP contribution in [0.2, 0.25) is 0 Å². The quantitative estimate of drug-likeness (QED) is 0.511. The molecule has 9 heteroatoms. The number of amides is 1. The summed E-state index contributed by atoms with van der Waals surface area (Å²) < 4.78 is 4.35. The van der Waals surface area contributed by atoms with Gasteiger partial charge in [-0.1, -0.05) is 0 Å². The number of ether oxygens (including phenoxy) is 1. The molecule has 0 aromatic carbocycles. The fourth-order valence-corrected chi connectivity index (χ4v) is 1.13. The average Bonchev–Trinajstić information content (AvgIpc) is 2.61. The first-order chi connectivity index (χ1) is 7.61. The van der Waals surface area contributed by atoms with Crippen molar-refractivity contribution in [1.82, 2.24) is 20.2 Å². The van der Waals surface area contributed by atoms with E-state index in [1.165, 1.54) is 7.11 Å². The number of methoxy groups -OCH3 is 1. The summed E-state index contributed by atoms with van der Waals surface area (Å²) in [6, 6.07) is 0. The van der Waals surface area contributed by atoms with Gasteiger partial charge in [-0.15, -0.1) is 0 Å². The molecule has 0 aliphatic rings. The molecule has 0 spiro atoms. The highest BCUT2D eigenvalue weighted by Crippen LogP contribution is 2.02. The molecule has 0 saturated carbocycles. The second-order valence-corrected chi connectivity index (χ2v) is 2.87. The van der Waals surface area contributed by atoms with Gasteiger partial charge in [0.15, 0.2) is 5.52 Å². The maximum Gasteiger partial charge on any atom is 0.413 e. The largest absolute Gasteiger partial charge is 0.453 e. The summed E-state index contributed by atoms with van der Waals surface area (Å²) in [6.45, 7) is 0. The minimum absolute atomic E-state index is 0.0579. The molecular formula is C7H6BN5O3. The first kappa shape index (κ1) is 10.2. The van der Waals surface area contributed by atoms with Gasteiger partial charge in [-0.25, -0.2) is 9.78 Å². The van der Waals surface area contributed by atoms with Crippen molar-refractivity contribution in [2.45, 2.75) is 0 Å². The summed E-state index contributed by atoms with van der Waals surface area (Å²) in [5.41, 5.74) is -0.0959. The fraction of sp³-hybridized carbons (Fsp3) is 0.143. The van der Waals surface area contributed by atoms with Gasteiger partial charge < -0.3 is 4.74 Å². The van der Waals surface area contributed by atoms with Gasteiger partial charge in [0, 0.05) is 5.59 Å². The number of carbonyl (C=O) groups excluding carboxylic acids is 1. The molecule has 1 amide bonds. The third-order valence-corrected chi connectivity index (χ3v) is 1.84. The number of aromatic nitrogens is 4. The van der Waals surface area contributed by atoms with E-state index < -0.39 is 11.7 Å². The van der Waals surface area contributed by atoms with Crippen molar-refractivity contribution in [1.29, 1.82) is 0 Å². The molecule has 2 aromatic rings. The Kier molecular flexibility index (Phi) is 2.35. The molecule has 0 unspecified atom stereocenters. The highest BCUT2D eigenvalue weighted by Gasteiger charge is 2.10. The van der Waals surface area contributed by atoms with Gasteiger partial charge in [0.1, 0.15) is 13.4 Å². The number of fused-ring (bicyclic) bond motifs is 1. The molecule has 16 heavy (non-hydrogen) atoms. The average molecular weight is 219 g/mol. The lowest BCUT2D eigenvalue weighted by molar-refractivity contribution is 0.186. The van der Waals surface area contributed by atoms with Crippen molar-refractivity contribution in [3.8, 4) is 0 Å². The highest BCUT2D eigenvalue weighted by molar-refractivity contribution is 6.36. The summed E-state index contributed by atoms with van der Waals surface area (Å²) in [5.74, 6) is -0.0579. The second-order valence-electron chi connectivity index (χ2n) is 2.87. The third kappa shape index (κ3) is 1.62. The highest BCUT2D eigenvalue weighted by atomic mass is 16.5. The number of hydrogen-bond donors (Lipinski definition) is 3. The van der Waals surface area contributed by atoms with Crippen molar-refractivity contribution in [3.63, 3.8) is 0 Å². The van der Waals surface area contributed by atoms with Gasteiger partial charge in [0.25, 0.3) is 5.56 Å². The van der Waals surface area contributed by atoms with Crippen LogP contribution in [0.1, 0.15) is 0 Å². The van der Waals surface area contributed by atoms with Crippen LogP contribution >= 0.6 is 0 Å². The van der Waals surface area contributed by atoms with Gasteiger partial charge in [-0.05, 0) is 0 Å². The first-order valence-electron chi connectivity index (χ1n) is 4.20. The van der Waals surface area contributed by atoms with Crippen LogP contribution in [0.5, 0.6) is 0 Å². The molecule has 3 N–H and O–H groups in total. The maximum atomic E-state index is 11.5. The zero-order chi connectivity index (χ0) is 11.7. The number of hydrogen-bond acceptors (Lipinski definition) is 5. The number of anilines is 1. The van der Waals surface area contributed by atoms with E-state index in [1.807, 2.05) is 0 Å². The number of nitrogens with zero attached hydrogens (tertiary/aromatic N) is 2. The number of carbonyl (C=O) groups is 1. The van der Waals surface area contributed by atoms with Crippen molar-refractivity contribution in [2.24, 2.45) is 0 Å². The smallest absolute Gasteiger partial charge is 0.413 e. The number of aromatic amines is 2. The Morgan fingerprint density at radius 1 is 1.50 bits per heavy atom. The Labute approximate surface area is 89.8 Å². The summed E-state index contributed by atoms with van der Waals surface area (Å²) in [7, 11) is 6.69. The Bertz CT molecular complexity index is 604. The SMILES string of the molecule is [B]c1[nH]nc2c(=O)[nH]c(NC(=O)OC)nc12. The molecular weight excluding hydrogens is 213 g/mol. The molecule has 0 bridgehead atoms. The zero-order valence-corrected chi connectivity index (χ0v) is 8.20. The minimum atomic E-state index is -0.746. The molecule has 2 radical (unpaired) electrons. The third-order valence-electron chi connectivity index (χ3n) is 1.84. The lowest BCUT2D eigenvalue weighted by atomic mass is 10.0. The van der Waals surface area contributed by atoms with Crippen LogP contribution in [0.25, 0.3) is 11.0 Å². The molecule has 0 atom stereocenters. The molecule has 0 fully saturated rings. The molecule has 2 aromatic heterocycles. The van der Waals surface area contributed by atoms with Crippen LogP contribution < -0.4 is 16.5 Å². The molecule has 80 valence electrons. The fourth-order valence-electron chi connectivity index (χ4n) is 1.13. The van der Waals surface area contributed by atoms with Gasteiger partial charge in [-0.3, -0.25) is 20.2 Å². The van der Waals surface area contributed by atoms with E-state index in [0.717, 1.165) is 0 Å². The Hall–Kier alpha value is -2.32. The van der Waals surface area contributed by atoms with Gasteiger partial charge in [-0.2, -0.15) is 5.10 Å². The molecule has 0 aliphatic carbocycles. The van der Waals surface area contributed by atoms with E-state index in [9.17, 15) is 9.59 Å². The first-order valence-corrected chi connectivity index (χ1v) is 4.20. The van der Waals surface area contributed by atoms with Crippen LogP contribution in [-0.4, -0.2) is 41.2 Å². The van der Waals surface area contributed by atoms with Crippen molar-refractivity contribution >= 4 is 36.5 Å². The topological polar surface area (TPSA) is 113 Å². The number of rotatable bonds is 1. The molecule has 2 rings (SSSR count). The normalized spacial score (nSPS) is 10.3. The summed E-state index contributed by atoms with van der Waals surface area (Å²) in [6.07, 6.45) is -0.746. The van der Waals surface area contributed by atoms with Crippen molar-refractivity contribution < 1.29 is 9.53 Å². The monoisotopic (exact) mass is 219 g/mol. The van der Waals surface area contributed by atoms with Crippen LogP contribution in [0.15, 0.2) is 4.79 Å². The van der Waals surface area contributed by atoms with Gasteiger partial charge >= 0.3 is 6.09 Å². The lowest BCUT2D eigenvalue weighted by Crippen LogP contribution is -2.19. The summed E-state index contributed by atoms with van der Waals surface area (Å²) in [5, 5.41) is 8.29. The standard InChI is InChI=1S/C7H6BN5O3/c1-16-7(15)11-6-9-2-3(5(14)10-6)12-13-4(2)8/h1H3,(H,12,13)(H2,9,10,11,14,15). The van der Waals surface area contributed by atoms with Gasteiger partial charge in [0.05, 0.1) is 7.11 Å². The van der Waals surface area contributed by atoms with Gasteiger partial charge in [0.2, 0.25) is 5.95 Å². The minimum Gasteiger partial charge on any atom is -0.453 e. The van der Waals surface area contributed by atoms with E-state index >= 15 is 0 Å².